The van der Waals surface area contributed by atoms with Crippen LogP contribution in [0.3, 0.4) is 0 Å². The van der Waals surface area contributed by atoms with Gasteiger partial charge in [-0.2, -0.15) is 28.6 Å². The van der Waals surface area contributed by atoms with Gasteiger partial charge in [0.1, 0.15) is 5.82 Å². The zero-order valence-electron chi connectivity index (χ0n) is 17.8. The number of amides is 1. The summed E-state index contributed by atoms with van der Waals surface area (Å²) in [7, 11) is 0. The molecule has 0 atom stereocenters. The summed E-state index contributed by atoms with van der Waals surface area (Å²) in [5.74, 6) is -0.355. The molecule has 0 fully saturated rings. The number of aromatic nitrogens is 4. The van der Waals surface area contributed by atoms with Gasteiger partial charge in [0.25, 0.3) is 5.91 Å². The number of carbonyl (C=O) groups is 1. The fourth-order valence-electron chi connectivity index (χ4n) is 3.77. The molecule has 0 unspecified atom stereocenters. The minimum atomic E-state index is -4.63. The molecule has 3 aromatic carbocycles. The highest BCUT2D eigenvalue weighted by molar-refractivity contribution is 6.09. The summed E-state index contributed by atoms with van der Waals surface area (Å²) in [6.07, 6.45) is -3.22. The van der Waals surface area contributed by atoms with Gasteiger partial charge in [-0.3, -0.25) is 9.89 Å². The number of para-hydroxylation sites is 1. The summed E-state index contributed by atoms with van der Waals surface area (Å²) in [6.45, 7) is 0. The first-order chi connectivity index (χ1) is 16.8. The molecule has 0 spiro atoms. The lowest BCUT2D eigenvalue weighted by Gasteiger charge is -2.14. The molecular formula is C25H15F3N6O. The molecule has 10 heteroatoms. The van der Waals surface area contributed by atoms with E-state index in [-0.39, 0.29) is 22.6 Å². The van der Waals surface area contributed by atoms with Crippen molar-refractivity contribution in [1.82, 2.24) is 20.0 Å². The van der Waals surface area contributed by atoms with E-state index in [2.05, 4.69) is 26.7 Å². The zero-order chi connectivity index (χ0) is 24.6. The molecule has 2 aromatic heterocycles. The van der Waals surface area contributed by atoms with Gasteiger partial charge in [0.05, 0.1) is 34.1 Å². The van der Waals surface area contributed by atoms with E-state index in [1.54, 1.807) is 42.5 Å². The van der Waals surface area contributed by atoms with Crippen LogP contribution in [-0.2, 0) is 6.18 Å². The molecule has 0 bridgehead atoms. The van der Waals surface area contributed by atoms with Crippen LogP contribution >= 0.6 is 0 Å². The van der Waals surface area contributed by atoms with Crippen LogP contribution in [0.25, 0.3) is 27.8 Å². The fourth-order valence-corrected chi connectivity index (χ4v) is 3.77. The molecule has 0 aliphatic heterocycles. The summed E-state index contributed by atoms with van der Waals surface area (Å²) >= 11 is 0. The van der Waals surface area contributed by atoms with Gasteiger partial charge in [-0.25, -0.2) is 4.68 Å². The van der Waals surface area contributed by atoms with Gasteiger partial charge in [0.15, 0.2) is 0 Å². The molecule has 5 aromatic rings. The average Bonchev–Trinajstić information content (AvgIpc) is 3.52. The summed E-state index contributed by atoms with van der Waals surface area (Å²) in [5, 5.41) is 23.5. The minimum Gasteiger partial charge on any atom is -0.306 e. The van der Waals surface area contributed by atoms with Crippen LogP contribution in [0.4, 0.5) is 19.0 Å². The number of halogens is 3. The smallest absolute Gasteiger partial charge is 0.306 e. The van der Waals surface area contributed by atoms with E-state index in [4.69, 9.17) is 0 Å². The van der Waals surface area contributed by atoms with Crippen molar-refractivity contribution in [3.05, 3.63) is 95.7 Å². The summed E-state index contributed by atoms with van der Waals surface area (Å²) < 4.78 is 42.3. The number of alkyl halides is 3. The summed E-state index contributed by atoms with van der Waals surface area (Å²) in [5.41, 5.74) is 0.497. The third-order valence-electron chi connectivity index (χ3n) is 5.40. The predicted molar refractivity (Wildman–Crippen MR) is 123 cm³/mol. The van der Waals surface area contributed by atoms with Crippen LogP contribution in [-0.4, -0.2) is 25.9 Å². The molecule has 0 aliphatic carbocycles. The molecule has 2 N–H and O–H groups in total. The fraction of sp³-hybridized carbons (Fsp3) is 0.0400. The number of nitrogens with one attached hydrogen (secondary N) is 2. The molecule has 0 aliphatic rings. The van der Waals surface area contributed by atoms with Crippen molar-refractivity contribution in [1.29, 1.82) is 5.26 Å². The van der Waals surface area contributed by atoms with Crippen molar-refractivity contribution < 1.29 is 18.0 Å². The van der Waals surface area contributed by atoms with E-state index in [1.807, 2.05) is 6.07 Å². The molecule has 0 saturated carbocycles. The molecule has 35 heavy (non-hydrogen) atoms. The molecular weight excluding hydrogens is 457 g/mol. The third-order valence-corrected chi connectivity index (χ3v) is 5.40. The Balaban J connectivity index is 1.61. The summed E-state index contributed by atoms with van der Waals surface area (Å²) in [6, 6.07) is 20.5. The van der Waals surface area contributed by atoms with Crippen molar-refractivity contribution in [2.45, 2.75) is 6.18 Å². The number of nitriles is 1. The first kappa shape index (κ1) is 21.9. The Labute approximate surface area is 196 Å². The average molecular weight is 472 g/mol. The lowest BCUT2D eigenvalue weighted by Crippen LogP contribution is -2.16. The van der Waals surface area contributed by atoms with E-state index in [9.17, 15) is 23.2 Å². The van der Waals surface area contributed by atoms with E-state index in [0.29, 0.717) is 22.2 Å². The standard InChI is InChI=1S/C25H15F3N6O/c26-25(27,28)20-8-7-16(13-18(20)21-10-11-30-32-21)24(35)31-23-19-12-15(14-29)6-9-22(19)33-34(23)17-4-2-1-3-5-17/h1-13H,(H,30,32)(H,31,35). The number of fused-ring (bicyclic) bond motifs is 1. The Hall–Kier alpha value is -4.91. The van der Waals surface area contributed by atoms with Gasteiger partial charge in [-0.15, -0.1) is 0 Å². The number of rotatable bonds is 4. The van der Waals surface area contributed by atoms with Crippen molar-refractivity contribution >= 4 is 22.6 Å². The maximum Gasteiger partial charge on any atom is 0.417 e. The number of nitrogens with zero attached hydrogens (tertiary/aromatic N) is 4. The Morgan fingerprint density at radius 1 is 1.03 bits per heavy atom. The van der Waals surface area contributed by atoms with Crippen LogP contribution in [0.15, 0.2) is 79.0 Å². The van der Waals surface area contributed by atoms with Crippen LogP contribution in [0.2, 0.25) is 0 Å². The number of H-pyrrole nitrogens is 1. The number of carbonyl (C=O) groups excluding carboxylic acids is 1. The van der Waals surface area contributed by atoms with Gasteiger partial charge in [-0.1, -0.05) is 18.2 Å². The van der Waals surface area contributed by atoms with Gasteiger partial charge in [0.2, 0.25) is 0 Å². The molecule has 2 heterocycles. The number of hydrogen-bond donors (Lipinski definition) is 2. The van der Waals surface area contributed by atoms with Crippen molar-refractivity contribution in [2.75, 3.05) is 5.32 Å². The van der Waals surface area contributed by atoms with E-state index >= 15 is 0 Å². The second kappa shape index (κ2) is 8.46. The predicted octanol–water partition coefficient (Wildman–Crippen LogP) is 5.56. The topological polar surface area (TPSA) is 99.4 Å². The van der Waals surface area contributed by atoms with E-state index in [0.717, 1.165) is 18.2 Å². The van der Waals surface area contributed by atoms with Gasteiger partial charge < -0.3 is 5.32 Å². The highest BCUT2D eigenvalue weighted by Gasteiger charge is 2.34. The normalized spacial score (nSPS) is 11.4. The monoisotopic (exact) mass is 472 g/mol. The van der Waals surface area contributed by atoms with E-state index in [1.165, 1.54) is 16.9 Å². The molecule has 5 rings (SSSR count). The number of hydrogen-bond acceptors (Lipinski definition) is 4. The van der Waals surface area contributed by atoms with Gasteiger partial charge in [0, 0.05) is 22.7 Å². The molecule has 172 valence electrons. The van der Waals surface area contributed by atoms with Crippen molar-refractivity contribution in [3.8, 4) is 23.0 Å². The van der Waals surface area contributed by atoms with Crippen molar-refractivity contribution in [2.24, 2.45) is 0 Å². The number of anilines is 1. The minimum absolute atomic E-state index is 0.00130. The maximum atomic E-state index is 13.6. The van der Waals surface area contributed by atoms with Crippen LogP contribution in [0.5, 0.6) is 0 Å². The summed E-state index contributed by atoms with van der Waals surface area (Å²) in [4.78, 5) is 13.2. The molecule has 0 radical (unpaired) electrons. The largest absolute Gasteiger partial charge is 0.417 e. The zero-order valence-corrected chi connectivity index (χ0v) is 17.8. The number of benzene rings is 3. The second-order valence-electron chi connectivity index (χ2n) is 7.61. The van der Waals surface area contributed by atoms with Crippen molar-refractivity contribution in [3.63, 3.8) is 0 Å². The van der Waals surface area contributed by atoms with Gasteiger partial charge >= 0.3 is 6.18 Å². The molecule has 0 saturated heterocycles. The van der Waals surface area contributed by atoms with Gasteiger partial charge in [-0.05, 0) is 54.6 Å². The Morgan fingerprint density at radius 2 is 1.83 bits per heavy atom. The Kier molecular flexibility index (Phi) is 5.30. The highest BCUT2D eigenvalue weighted by atomic mass is 19.4. The lowest BCUT2D eigenvalue weighted by atomic mass is 10.0. The first-order valence-electron chi connectivity index (χ1n) is 10.4. The Bertz CT molecular complexity index is 1580. The quantitative estimate of drug-likeness (QED) is 0.358. The van der Waals surface area contributed by atoms with Crippen LogP contribution in [0.1, 0.15) is 21.5 Å². The first-order valence-corrected chi connectivity index (χ1v) is 10.4. The molecule has 7 nitrogen and oxygen atoms in total. The Morgan fingerprint density at radius 3 is 2.51 bits per heavy atom. The van der Waals surface area contributed by atoms with Crippen LogP contribution in [0, 0.1) is 11.3 Å². The maximum absolute atomic E-state index is 13.6. The molecule has 1 amide bonds. The highest BCUT2D eigenvalue weighted by Crippen LogP contribution is 2.37. The number of aromatic amines is 1. The van der Waals surface area contributed by atoms with E-state index < -0.39 is 17.6 Å². The van der Waals surface area contributed by atoms with Crippen LogP contribution < -0.4 is 5.32 Å². The third kappa shape index (κ3) is 4.11. The lowest BCUT2D eigenvalue weighted by molar-refractivity contribution is -0.137. The SMILES string of the molecule is N#Cc1ccc2nn(-c3ccccc3)c(NC(=O)c3ccc(C(F)(F)F)c(-c4cc[nH]n4)c3)c2c1. The second-order valence-corrected chi connectivity index (χ2v) is 7.61.